The van der Waals surface area contributed by atoms with Crippen molar-refractivity contribution in [3.8, 4) is 11.1 Å². The van der Waals surface area contributed by atoms with Gasteiger partial charge in [-0.25, -0.2) is 0 Å². The van der Waals surface area contributed by atoms with Gasteiger partial charge in [-0.2, -0.15) is 0 Å². The van der Waals surface area contributed by atoms with Gasteiger partial charge in [-0.05, 0) is 41.9 Å². The molecule has 21 heavy (non-hydrogen) atoms. The van der Waals surface area contributed by atoms with Crippen molar-refractivity contribution in [2.75, 3.05) is 25.0 Å². The van der Waals surface area contributed by atoms with Crippen molar-refractivity contribution < 1.29 is 4.79 Å². The summed E-state index contributed by atoms with van der Waals surface area (Å²) in [5, 5.41) is 0. The molecule has 0 saturated carbocycles. The average molecular weight is 281 g/mol. The van der Waals surface area contributed by atoms with Gasteiger partial charge in [-0.1, -0.05) is 12.1 Å². The summed E-state index contributed by atoms with van der Waals surface area (Å²) >= 11 is 0. The van der Waals surface area contributed by atoms with E-state index in [4.69, 9.17) is 0 Å². The van der Waals surface area contributed by atoms with Crippen LogP contribution in [0.25, 0.3) is 11.1 Å². The second-order valence-electron chi connectivity index (χ2n) is 5.49. The van der Waals surface area contributed by atoms with Gasteiger partial charge in [0.25, 0.3) is 0 Å². The molecule has 2 aromatic rings. The average Bonchev–Trinajstić information content (AvgIpc) is 2.65. The molecule has 4 heteroatoms. The second kappa shape index (κ2) is 5.66. The Morgan fingerprint density at radius 2 is 2.05 bits per heavy atom. The second-order valence-corrected chi connectivity index (χ2v) is 5.49. The maximum absolute atomic E-state index is 11.9. The number of carbonyl (C=O) groups excluding carboxylic acids is 1. The van der Waals surface area contributed by atoms with Crippen LogP contribution in [0.1, 0.15) is 12.5 Å². The van der Waals surface area contributed by atoms with E-state index < -0.39 is 0 Å². The van der Waals surface area contributed by atoms with Gasteiger partial charge in [0, 0.05) is 44.6 Å². The molecule has 0 atom stereocenters. The van der Waals surface area contributed by atoms with Crippen LogP contribution in [0.2, 0.25) is 0 Å². The van der Waals surface area contributed by atoms with Crippen molar-refractivity contribution in [2.45, 2.75) is 13.5 Å². The molecule has 2 heterocycles. The zero-order valence-electron chi connectivity index (χ0n) is 12.4. The number of rotatable bonds is 1. The quantitative estimate of drug-likeness (QED) is 0.806. The van der Waals surface area contributed by atoms with Crippen molar-refractivity contribution in [3.05, 3.63) is 48.3 Å². The Balaban J connectivity index is 2.06. The Morgan fingerprint density at radius 3 is 2.76 bits per heavy atom. The number of fused-ring (bicyclic) bond motifs is 1. The number of nitrogens with zero attached hydrogens (tertiary/aromatic N) is 3. The molecule has 1 amide bonds. The van der Waals surface area contributed by atoms with Crippen LogP contribution < -0.4 is 4.90 Å². The third kappa shape index (κ3) is 2.81. The van der Waals surface area contributed by atoms with E-state index in [2.05, 4.69) is 41.2 Å². The minimum absolute atomic E-state index is 0.0978. The Labute approximate surface area is 125 Å². The molecule has 0 bridgehead atoms. The molecule has 0 aliphatic carbocycles. The summed E-state index contributed by atoms with van der Waals surface area (Å²) in [5.74, 6) is 0.0978. The predicted molar refractivity (Wildman–Crippen MR) is 84.0 cm³/mol. The molecule has 0 fully saturated rings. The van der Waals surface area contributed by atoms with E-state index in [9.17, 15) is 4.79 Å². The highest BCUT2D eigenvalue weighted by Crippen LogP contribution is 2.29. The summed E-state index contributed by atoms with van der Waals surface area (Å²) in [6, 6.07) is 10.3. The SMILES string of the molecule is CC(=O)N1CCN(C)Cc2cc(-c3cccnc3)ccc21. The van der Waals surface area contributed by atoms with Crippen molar-refractivity contribution in [2.24, 2.45) is 0 Å². The Bertz CT molecular complexity index is 654. The first-order valence-electron chi connectivity index (χ1n) is 7.15. The summed E-state index contributed by atoms with van der Waals surface area (Å²) in [6.07, 6.45) is 3.64. The van der Waals surface area contributed by atoms with Gasteiger partial charge in [0.1, 0.15) is 0 Å². The van der Waals surface area contributed by atoms with Crippen LogP contribution >= 0.6 is 0 Å². The van der Waals surface area contributed by atoms with E-state index in [1.165, 1.54) is 5.56 Å². The van der Waals surface area contributed by atoms with Gasteiger partial charge in [0.15, 0.2) is 0 Å². The lowest BCUT2D eigenvalue weighted by atomic mass is 10.0. The molecule has 0 radical (unpaired) electrons. The van der Waals surface area contributed by atoms with Crippen LogP contribution in [-0.2, 0) is 11.3 Å². The standard InChI is InChI=1S/C17H19N3O/c1-13(21)20-9-8-19(2)12-16-10-14(5-6-17(16)20)15-4-3-7-18-11-15/h3-7,10-11H,8-9,12H2,1-2H3. The van der Waals surface area contributed by atoms with Crippen molar-refractivity contribution in [1.29, 1.82) is 0 Å². The van der Waals surface area contributed by atoms with Crippen LogP contribution in [0.3, 0.4) is 0 Å². The first kappa shape index (κ1) is 13.8. The fourth-order valence-corrected chi connectivity index (χ4v) is 2.78. The molecule has 0 N–H and O–H groups in total. The molecule has 4 nitrogen and oxygen atoms in total. The number of amides is 1. The molecule has 0 saturated heterocycles. The van der Waals surface area contributed by atoms with E-state index in [-0.39, 0.29) is 5.91 Å². The Morgan fingerprint density at radius 1 is 1.19 bits per heavy atom. The number of carbonyl (C=O) groups is 1. The number of likely N-dealkylation sites (N-methyl/N-ethyl adjacent to an activating group) is 1. The molecule has 1 aliphatic rings. The van der Waals surface area contributed by atoms with Crippen LogP contribution in [0.4, 0.5) is 5.69 Å². The third-order valence-electron chi connectivity index (χ3n) is 3.89. The highest BCUT2D eigenvalue weighted by molar-refractivity contribution is 5.93. The van der Waals surface area contributed by atoms with Crippen LogP contribution in [0.15, 0.2) is 42.7 Å². The number of benzene rings is 1. The highest BCUT2D eigenvalue weighted by Gasteiger charge is 2.20. The highest BCUT2D eigenvalue weighted by atomic mass is 16.2. The monoisotopic (exact) mass is 281 g/mol. The first-order valence-corrected chi connectivity index (χ1v) is 7.15. The topological polar surface area (TPSA) is 36.4 Å². The molecule has 1 aliphatic heterocycles. The normalized spacial score (nSPS) is 15.4. The summed E-state index contributed by atoms with van der Waals surface area (Å²) in [7, 11) is 2.09. The largest absolute Gasteiger partial charge is 0.311 e. The maximum atomic E-state index is 11.9. The minimum atomic E-state index is 0.0978. The number of pyridine rings is 1. The predicted octanol–water partition coefficient (Wildman–Crippen LogP) is 2.55. The van der Waals surface area contributed by atoms with Crippen molar-refractivity contribution >= 4 is 11.6 Å². The van der Waals surface area contributed by atoms with Gasteiger partial charge in [0.05, 0.1) is 0 Å². The zero-order chi connectivity index (χ0) is 14.8. The van der Waals surface area contributed by atoms with Crippen LogP contribution in [0.5, 0.6) is 0 Å². The van der Waals surface area contributed by atoms with E-state index >= 15 is 0 Å². The number of aromatic nitrogens is 1. The molecular weight excluding hydrogens is 262 g/mol. The van der Waals surface area contributed by atoms with Crippen LogP contribution in [0, 0.1) is 0 Å². The van der Waals surface area contributed by atoms with Gasteiger partial charge >= 0.3 is 0 Å². The maximum Gasteiger partial charge on any atom is 0.223 e. The summed E-state index contributed by atoms with van der Waals surface area (Å²) in [6.45, 7) is 4.11. The fraction of sp³-hybridized carbons (Fsp3) is 0.294. The molecule has 1 aromatic carbocycles. The molecule has 0 spiro atoms. The summed E-state index contributed by atoms with van der Waals surface area (Å²) < 4.78 is 0. The van der Waals surface area contributed by atoms with Gasteiger partial charge < -0.3 is 9.80 Å². The lowest BCUT2D eigenvalue weighted by Gasteiger charge is -2.21. The van der Waals surface area contributed by atoms with E-state index in [1.54, 1.807) is 13.1 Å². The zero-order valence-corrected chi connectivity index (χ0v) is 12.4. The smallest absolute Gasteiger partial charge is 0.223 e. The number of hydrogen-bond acceptors (Lipinski definition) is 3. The first-order chi connectivity index (χ1) is 10.1. The lowest BCUT2D eigenvalue weighted by Crippen LogP contribution is -2.33. The molecular formula is C17H19N3O. The summed E-state index contributed by atoms with van der Waals surface area (Å²) in [4.78, 5) is 20.2. The van der Waals surface area contributed by atoms with E-state index in [0.29, 0.717) is 0 Å². The Hall–Kier alpha value is -2.20. The molecule has 3 rings (SSSR count). The fourth-order valence-electron chi connectivity index (χ4n) is 2.78. The molecule has 1 aromatic heterocycles. The Kier molecular flexibility index (Phi) is 3.71. The number of hydrogen-bond donors (Lipinski definition) is 0. The van der Waals surface area contributed by atoms with Gasteiger partial charge in [0.2, 0.25) is 5.91 Å². The van der Waals surface area contributed by atoms with Gasteiger partial charge in [-0.15, -0.1) is 0 Å². The van der Waals surface area contributed by atoms with E-state index in [0.717, 1.165) is 36.4 Å². The molecule has 0 unspecified atom stereocenters. The molecule has 108 valence electrons. The van der Waals surface area contributed by atoms with Crippen LogP contribution in [-0.4, -0.2) is 35.9 Å². The van der Waals surface area contributed by atoms with Gasteiger partial charge in [-0.3, -0.25) is 9.78 Å². The summed E-state index contributed by atoms with van der Waals surface area (Å²) in [5.41, 5.74) is 4.45. The van der Waals surface area contributed by atoms with E-state index in [1.807, 2.05) is 17.2 Å². The minimum Gasteiger partial charge on any atom is -0.311 e. The lowest BCUT2D eigenvalue weighted by molar-refractivity contribution is -0.116. The van der Waals surface area contributed by atoms with Crippen molar-refractivity contribution in [3.63, 3.8) is 0 Å². The third-order valence-corrected chi connectivity index (χ3v) is 3.89. The number of anilines is 1. The van der Waals surface area contributed by atoms with Crippen molar-refractivity contribution in [1.82, 2.24) is 9.88 Å².